The van der Waals surface area contributed by atoms with Gasteiger partial charge in [0.1, 0.15) is 11.7 Å². The number of hydrogen-bond acceptors (Lipinski definition) is 5. The van der Waals surface area contributed by atoms with Crippen molar-refractivity contribution < 1.29 is 4.79 Å². The Hall–Kier alpha value is -2.11. The first kappa shape index (κ1) is 15.9. The summed E-state index contributed by atoms with van der Waals surface area (Å²) < 4.78 is 0. The molecule has 6 heteroatoms. The van der Waals surface area contributed by atoms with Crippen LogP contribution in [0.15, 0.2) is 19.4 Å². The topological polar surface area (TPSA) is 75.3 Å². The zero-order valence-electron chi connectivity index (χ0n) is 12.6. The van der Waals surface area contributed by atoms with E-state index in [1.807, 2.05) is 25.7 Å². The number of carbonyl (C=O) groups excluding carboxylic acids is 1. The highest BCUT2D eigenvalue weighted by molar-refractivity contribution is 6.04. The predicted molar refractivity (Wildman–Crippen MR) is 82.8 cm³/mol. The highest BCUT2D eigenvalue weighted by atomic mass is 16.2. The first-order valence-corrected chi connectivity index (χ1v) is 6.65. The number of anilines is 3. The van der Waals surface area contributed by atoms with Gasteiger partial charge in [-0.25, -0.2) is 4.98 Å². The van der Waals surface area contributed by atoms with Gasteiger partial charge >= 0.3 is 0 Å². The number of nitrogens with zero attached hydrogens (tertiary/aromatic N) is 4. The number of amides is 1. The molecule has 2 N–H and O–H groups in total. The minimum Gasteiger partial charge on any atom is -0.368 e. The number of rotatable bonds is 2. The first-order valence-electron chi connectivity index (χ1n) is 6.65. The zero-order valence-corrected chi connectivity index (χ0v) is 12.6. The lowest BCUT2D eigenvalue weighted by Gasteiger charge is -2.42. The van der Waals surface area contributed by atoms with Crippen molar-refractivity contribution >= 4 is 23.4 Å². The Balaban J connectivity index is 0.000000956. The third kappa shape index (κ3) is 2.59. The fourth-order valence-corrected chi connectivity index (χ4v) is 2.39. The van der Waals surface area contributed by atoms with Crippen LogP contribution in [0.25, 0.3) is 0 Å². The second-order valence-corrected chi connectivity index (χ2v) is 4.76. The van der Waals surface area contributed by atoms with Crippen LogP contribution >= 0.6 is 0 Å². The van der Waals surface area contributed by atoms with Crippen molar-refractivity contribution in [1.29, 1.82) is 0 Å². The molecule has 20 heavy (non-hydrogen) atoms. The van der Waals surface area contributed by atoms with Crippen LogP contribution in [0.2, 0.25) is 0 Å². The van der Waals surface area contributed by atoms with Crippen LogP contribution in [0.5, 0.6) is 0 Å². The van der Waals surface area contributed by atoms with Crippen LogP contribution in [0.3, 0.4) is 0 Å². The fraction of sp³-hybridized carbons (Fsp3) is 0.500. The molecule has 0 aromatic carbocycles. The Morgan fingerprint density at radius 3 is 2.55 bits per heavy atom. The summed E-state index contributed by atoms with van der Waals surface area (Å²) in [6.07, 6.45) is 2.35. The molecule has 6 nitrogen and oxygen atoms in total. The molecule has 0 bridgehead atoms. The lowest BCUT2D eigenvalue weighted by Crippen LogP contribution is -2.54. The van der Waals surface area contributed by atoms with Crippen molar-refractivity contribution in [2.75, 3.05) is 22.6 Å². The van der Waals surface area contributed by atoms with E-state index in [0.29, 0.717) is 5.69 Å². The molecule has 1 aliphatic heterocycles. The molecule has 1 atom stereocenters. The standard InChI is InChI=1S/C12H19N5O.C2H4/c1-5-8-11(18)16(4)9-6-14-12(13)15-10(9)17(8)7(2)3;1-2/h6-8H,5H2,1-4H3,(H2,13,14,15);1-2H2. The molecule has 0 aliphatic carbocycles. The number of carbonyl (C=O) groups is 1. The van der Waals surface area contributed by atoms with E-state index in [4.69, 9.17) is 5.73 Å². The monoisotopic (exact) mass is 277 g/mol. The normalized spacial score (nSPS) is 17.6. The molecule has 0 fully saturated rings. The van der Waals surface area contributed by atoms with Gasteiger partial charge in [-0.3, -0.25) is 4.79 Å². The summed E-state index contributed by atoms with van der Waals surface area (Å²) in [5.74, 6) is 1.05. The summed E-state index contributed by atoms with van der Waals surface area (Å²) in [4.78, 5) is 24.2. The molecule has 1 aromatic heterocycles. The Morgan fingerprint density at radius 2 is 2.05 bits per heavy atom. The van der Waals surface area contributed by atoms with Crippen LogP contribution in [-0.4, -0.2) is 35.0 Å². The Labute approximate surface area is 120 Å². The van der Waals surface area contributed by atoms with Crippen molar-refractivity contribution in [3.05, 3.63) is 19.4 Å². The molecule has 0 radical (unpaired) electrons. The smallest absolute Gasteiger partial charge is 0.249 e. The van der Waals surface area contributed by atoms with Crippen LogP contribution in [-0.2, 0) is 4.79 Å². The van der Waals surface area contributed by atoms with E-state index in [2.05, 4.69) is 23.1 Å². The van der Waals surface area contributed by atoms with Gasteiger partial charge in [0.05, 0.1) is 6.20 Å². The maximum Gasteiger partial charge on any atom is 0.249 e. The molecule has 1 aromatic rings. The lowest BCUT2D eigenvalue weighted by molar-refractivity contribution is -0.120. The Kier molecular flexibility index (Phi) is 5.07. The average Bonchev–Trinajstić information content (AvgIpc) is 2.44. The Bertz CT molecular complexity index is 488. The summed E-state index contributed by atoms with van der Waals surface area (Å²) in [7, 11) is 1.75. The average molecular weight is 277 g/mol. The van der Waals surface area contributed by atoms with E-state index < -0.39 is 0 Å². The molecular weight excluding hydrogens is 254 g/mol. The number of fused-ring (bicyclic) bond motifs is 1. The maximum atomic E-state index is 12.3. The second kappa shape index (κ2) is 6.36. The molecule has 1 unspecified atom stereocenters. The van der Waals surface area contributed by atoms with E-state index in [-0.39, 0.29) is 23.9 Å². The molecule has 1 aliphatic rings. The molecule has 2 rings (SSSR count). The van der Waals surface area contributed by atoms with Crippen LogP contribution in [0.1, 0.15) is 27.2 Å². The van der Waals surface area contributed by atoms with Crippen molar-refractivity contribution in [2.45, 2.75) is 39.3 Å². The lowest BCUT2D eigenvalue weighted by atomic mass is 10.1. The van der Waals surface area contributed by atoms with E-state index in [1.165, 1.54) is 0 Å². The first-order chi connectivity index (χ1) is 9.47. The van der Waals surface area contributed by atoms with Crippen molar-refractivity contribution in [3.63, 3.8) is 0 Å². The van der Waals surface area contributed by atoms with Gasteiger partial charge in [-0.15, -0.1) is 13.2 Å². The minimum atomic E-state index is -0.184. The zero-order chi connectivity index (χ0) is 15.4. The number of nitrogens with two attached hydrogens (primary N) is 1. The Morgan fingerprint density at radius 1 is 1.45 bits per heavy atom. The molecule has 0 spiro atoms. The van der Waals surface area contributed by atoms with Gasteiger partial charge in [-0.05, 0) is 20.3 Å². The van der Waals surface area contributed by atoms with E-state index in [0.717, 1.165) is 12.2 Å². The largest absolute Gasteiger partial charge is 0.368 e. The van der Waals surface area contributed by atoms with E-state index in [9.17, 15) is 4.79 Å². The highest BCUT2D eigenvalue weighted by Gasteiger charge is 2.38. The summed E-state index contributed by atoms with van der Waals surface area (Å²) >= 11 is 0. The third-order valence-electron chi connectivity index (χ3n) is 3.27. The van der Waals surface area contributed by atoms with Gasteiger partial charge < -0.3 is 15.5 Å². The fourth-order valence-electron chi connectivity index (χ4n) is 2.39. The van der Waals surface area contributed by atoms with Gasteiger partial charge in [-0.2, -0.15) is 4.98 Å². The molecule has 0 saturated carbocycles. The quantitative estimate of drug-likeness (QED) is 0.835. The minimum absolute atomic E-state index is 0.0760. The van der Waals surface area contributed by atoms with Gasteiger partial charge in [-0.1, -0.05) is 6.92 Å². The maximum absolute atomic E-state index is 12.3. The van der Waals surface area contributed by atoms with E-state index in [1.54, 1.807) is 18.1 Å². The van der Waals surface area contributed by atoms with Crippen LogP contribution in [0.4, 0.5) is 17.5 Å². The number of likely N-dealkylation sites (N-methyl/N-ethyl adjacent to an activating group) is 1. The number of hydrogen-bond donors (Lipinski definition) is 1. The summed E-state index contributed by atoms with van der Waals surface area (Å²) in [6, 6.07) is -0.00236. The van der Waals surface area contributed by atoms with Gasteiger partial charge in [0.15, 0.2) is 5.82 Å². The number of aromatic nitrogens is 2. The summed E-state index contributed by atoms with van der Waals surface area (Å²) in [5, 5.41) is 0. The number of nitrogen functional groups attached to an aromatic ring is 1. The van der Waals surface area contributed by atoms with E-state index >= 15 is 0 Å². The molecule has 0 saturated heterocycles. The van der Waals surface area contributed by atoms with Crippen LogP contribution < -0.4 is 15.5 Å². The molecule has 110 valence electrons. The SMILES string of the molecule is C=C.CCC1C(=O)N(C)c2cnc(N)nc2N1C(C)C. The van der Waals surface area contributed by atoms with Gasteiger partial charge in [0.25, 0.3) is 0 Å². The molecular formula is C14H23N5O. The van der Waals surface area contributed by atoms with Gasteiger partial charge in [0, 0.05) is 13.1 Å². The highest BCUT2D eigenvalue weighted by Crippen LogP contribution is 2.35. The summed E-state index contributed by atoms with van der Waals surface area (Å²) in [6.45, 7) is 12.1. The van der Waals surface area contributed by atoms with Crippen LogP contribution in [0, 0.1) is 0 Å². The molecule has 2 heterocycles. The third-order valence-corrected chi connectivity index (χ3v) is 3.27. The van der Waals surface area contributed by atoms with Gasteiger partial charge in [0.2, 0.25) is 11.9 Å². The summed E-state index contributed by atoms with van der Waals surface area (Å²) in [5.41, 5.74) is 6.37. The molecule has 1 amide bonds. The predicted octanol–water partition coefficient (Wildman–Crippen LogP) is 1.83. The second-order valence-electron chi connectivity index (χ2n) is 4.76. The van der Waals surface area contributed by atoms with Crippen molar-refractivity contribution in [3.8, 4) is 0 Å². The van der Waals surface area contributed by atoms with Crippen molar-refractivity contribution in [2.24, 2.45) is 0 Å². The van der Waals surface area contributed by atoms with Crippen molar-refractivity contribution in [1.82, 2.24) is 9.97 Å².